The molecule has 0 bridgehead atoms. The van der Waals surface area contributed by atoms with Gasteiger partial charge in [-0.05, 0) is 36.2 Å². The molecule has 0 unspecified atom stereocenters. The molecule has 0 fully saturated rings. The lowest BCUT2D eigenvalue weighted by molar-refractivity contribution is -0.133. The van der Waals surface area contributed by atoms with Gasteiger partial charge in [-0.2, -0.15) is 0 Å². The maximum atomic E-state index is 12.2. The Kier molecular flexibility index (Phi) is 5.93. The van der Waals surface area contributed by atoms with E-state index in [0.717, 1.165) is 15.6 Å². The van der Waals surface area contributed by atoms with Crippen LogP contribution >= 0.6 is 15.9 Å². The molecule has 0 saturated heterocycles. The van der Waals surface area contributed by atoms with E-state index in [4.69, 9.17) is 0 Å². The molecule has 120 valence electrons. The van der Waals surface area contributed by atoms with E-state index in [2.05, 4.69) is 21.2 Å². The third-order valence-corrected chi connectivity index (χ3v) is 4.00. The van der Waals surface area contributed by atoms with E-state index in [1.165, 1.54) is 11.8 Å². The maximum absolute atomic E-state index is 12.2. The normalized spacial score (nSPS) is 10.2. The summed E-state index contributed by atoms with van der Waals surface area (Å²) >= 11 is 3.36. The zero-order valence-electron chi connectivity index (χ0n) is 13.2. The van der Waals surface area contributed by atoms with Crippen molar-refractivity contribution in [3.05, 3.63) is 64.1 Å². The zero-order chi connectivity index (χ0) is 16.8. The first-order valence-electron chi connectivity index (χ1n) is 7.31. The molecule has 2 aromatic rings. The summed E-state index contributed by atoms with van der Waals surface area (Å²) in [6.07, 6.45) is 0. The van der Waals surface area contributed by atoms with Gasteiger partial charge < -0.3 is 10.2 Å². The largest absolute Gasteiger partial charge is 0.329 e. The Labute approximate surface area is 144 Å². The number of carbonyl (C=O) groups is 2. The third-order valence-electron chi connectivity index (χ3n) is 3.51. The van der Waals surface area contributed by atoms with Crippen molar-refractivity contribution < 1.29 is 9.59 Å². The molecule has 0 aromatic heterocycles. The van der Waals surface area contributed by atoms with Crippen molar-refractivity contribution in [2.75, 3.05) is 11.9 Å². The average Bonchev–Trinajstić information content (AvgIpc) is 2.48. The molecule has 0 aliphatic rings. The molecule has 2 rings (SSSR count). The van der Waals surface area contributed by atoms with Gasteiger partial charge in [0.05, 0.1) is 0 Å². The second kappa shape index (κ2) is 7.92. The summed E-state index contributed by atoms with van der Waals surface area (Å²) in [6.45, 7) is 3.92. The highest BCUT2D eigenvalue weighted by atomic mass is 79.9. The van der Waals surface area contributed by atoms with E-state index >= 15 is 0 Å². The fourth-order valence-corrected chi connectivity index (χ4v) is 2.61. The third kappa shape index (κ3) is 5.21. The molecule has 4 nitrogen and oxygen atoms in total. The lowest BCUT2D eigenvalue weighted by Crippen LogP contribution is -2.36. The predicted octanol–water partition coefficient (Wildman–Crippen LogP) is 3.74. The van der Waals surface area contributed by atoms with E-state index in [0.29, 0.717) is 12.2 Å². The Morgan fingerprint density at radius 1 is 1.13 bits per heavy atom. The van der Waals surface area contributed by atoms with E-state index < -0.39 is 0 Å². The van der Waals surface area contributed by atoms with Crippen molar-refractivity contribution >= 4 is 33.4 Å². The number of benzene rings is 2. The fourth-order valence-electron chi connectivity index (χ4n) is 2.21. The Balaban J connectivity index is 2.03. The van der Waals surface area contributed by atoms with Crippen molar-refractivity contribution in [2.45, 2.75) is 20.4 Å². The van der Waals surface area contributed by atoms with Crippen LogP contribution in [0.5, 0.6) is 0 Å². The number of hydrogen-bond acceptors (Lipinski definition) is 2. The lowest BCUT2D eigenvalue weighted by Gasteiger charge is -2.21. The SMILES string of the molecule is CC(=O)N(CC(=O)Nc1cccc(Br)c1)Cc1ccccc1C. The highest BCUT2D eigenvalue weighted by Gasteiger charge is 2.15. The summed E-state index contributed by atoms with van der Waals surface area (Å²) in [7, 11) is 0. The average molecular weight is 375 g/mol. The van der Waals surface area contributed by atoms with E-state index in [1.54, 1.807) is 0 Å². The van der Waals surface area contributed by atoms with Crippen molar-refractivity contribution in [2.24, 2.45) is 0 Å². The Morgan fingerprint density at radius 3 is 2.52 bits per heavy atom. The summed E-state index contributed by atoms with van der Waals surface area (Å²) in [4.78, 5) is 25.6. The smallest absolute Gasteiger partial charge is 0.244 e. The molecule has 0 saturated carbocycles. The molecule has 0 heterocycles. The number of aryl methyl sites for hydroxylation is 1. The van der Waals surface area contributed by atoms with Crippen molar-refractivity contribution in [1.82, 2.24) is 4.90 Å². The van der Waals surface area contributed by atoms with Crippen LogP contribution in [-0.2, 0) is 16.1 Å². The van der Waals surface area contributed by atoms with Crippen LogP contribution < -0.4 is 5.32 Å². The lowest BCUT2D eigenvalue weighted by atomic mass is 10.1. The molecular formula is C18H19BrN2O2. The number of amides is 2. The molecule has 5 heteroatoms. The van der Waals surface area contributed by atoms with Gasteiger partial charge in [0.25, 0.3) is 0 Å². The quantitative estimate of drug-likeness (QED) is 0.866. The standard InChI is InChI=1S/C18H19BrN2O2/c1-13-6-3-4-7-15(13)11-21(14(2)22)12-18(23)20-17-9-5-8-16(19)10-17/h3-10H,11-12H2,1-2H3,(H,20,23). The van der Waals surface area contributed by atoms with Crippen LogP contribution in [0.3, 0.4) is 0 Å². The number of carbonyl (C=O) groups excluding carboxylic acids is 2. The van der Waals surface area contributed by atoms with Crippen LogP contribution in [0.15, 0.2) is 53.0 Å². The van der Waals surface area contributed by atoms with E-state index in [9.17, 15) is 9.59 Å². The van der Waals surface area contributed by atoms with Crippen LogP contribution in [0.25, 0.3) is 0 Å². The first-order valence-corrected chi connectivity index (χ1v) is 8.10. The summed E-state index contributed by atoms with van der Waals surface area (Å²) in [6, 6.07) is 15.2. The van der Waals surface area contributed by atoms with Gasteiger partial charge in [-0.1, -0.05) is 46.3 Å². The molecular weight excluding hydrogens is 356 g/mol. The Bertz CT molecular complexity index is 716. The molecule has 0 aliphatic heterocycles. The number of hydrogen-bond donors (Lipinski definition) is 1. The highest BCUT2D eigenvalue weighted by molar-refractivity contribution is 9.10. The summed E-state index contributed by atoms with van der Waals surface area (Å²) < 4.78 is 0.888. The van der Waals surface area contributed by atoms with Crippen molar-refractivity contribution in [3.63, 3.8) is 0 Å². The zero-order valence-corrected chi connectivity index (χ0v) is 14.8. The summed E-state index contributed by atoms with van der Waals surface area (Å²) in [5.74, 6) is -0.343. The minimum absolute atomic E-state index is 0.0240. The Hall–Kier alpha value is -2.14. The molecule has 0 radical (unpaired) electrons. The highest BCUT2D eigenvalue weighted by Crippen LogP contribution is 2.16. The van der Waals surface area contributed by atoms with Crippen LogP contribution in [0.2, 0.25) is 0 Å². The monoisotopic (exact) mass is 374 g/mol. The molecule has 2 aromatic carbocycles. The summed E-state index contributed by atoms with van der Waals surface area (Å²) in [5.41, 5.74) is 2.84. The second-order valence-electron chi connectivity index (χ2n) is 5.36. The van der Waals surface area contributed by atoms with Gasteiger partial charge in [-0.15, -0.1) is 0 Å². The van der Waals surface area contributed by atoms with Crippen LogP contribution in [0.4, 0.5) is 5.69 Å². The van der Waals surface area contributed by atoms with Gasteiger partial charge in [-0.25, -0.2) is 0 Å². The van der Waals surface area contributed by atoms with Gasteiger partial charge in [0, 0.05) is 23.6 Å². The molecule has 23 heavy (non-hydrogen) atoms. The van der Waals surface area contributed by atoms with Gasteiger partial charge in [0.2, 0.25) is 11.8 Å². The van der Waals surface area contributed by atoms with Gasteiger partial charge in [-0.3, -0.25) is 9.59 Å². The van der Waals surface area contributed by atoms with E-state index in [1.807, 2.05) is 55.5 Å². The van der Waals surface area contributed by atoms with E-state index in [-0.39, 0.29) is 18.4 Å². The maximum Gasteiger partial charge on any atom is 0.244 e. The topological polar surface area (TPSA) is 49.4 Å². The first-order chi connectivity index (χ1) is 11.0. The first kappa shape index (κ1) is 17.2. The molecule has 0 atom stereocenters. The number of halogens is 1. The summed E-state index contributed by atoms with van der Waals surface area (Å²) in [5, 5.41) is 2.81. The second-order valence-corrected chi connectivity index (χ2v) is 6.28. The van der Waals surface area contributed by atoms with Crippen molar-refractivity contribution in [1.29, 1.82) is 0 Å². The molecule has 1 N–H and O–H groups in total. The van der Waals surface area contributed by atoms with Gasteiger partial charge >= 0.3 is 0 Å². The van der Waals surface area contributed by atoms with Crippen LogP contribution in [0, 0.1) is 6.92 Å². The van der Waals surface area contributed by atoms with Gasteiger partial charge in [0.1, 0.15) is 6.54 Å². The van der Waals surface area contributed by atoms with Gasteiger partial charge in [0.15, 0.2) is 0 Å². The van der Waals surface area contributed by atoms with Crippen LogP contribution in [0.1, 0.15) is 18.1 Å². The predicted molar refractivity (Wildman–Crippen MR) is 95.0 cm³/mol. The Morgan fingerprint density at radius 2 is 1.87 bits per heavy atom. The number of nitrogens with zero attached hydrogens (tertiary/aromatic N) is 1. The minimum Gasteiger partial charge on any atom is -0.329 e. The number of nitrogens with one attached hydrogen (secondary N) is 1. The fraction of sp³-hybridized carbons (Fsp3) is 0.222. The van der Waals surface area contributed by atoms with Crippen LogP contribution in [-0.4, -0.2) is 23.3 Å². The number of anilines is 1. The van der Waals surface area contributed by atoms with Crippen molar-refractivity contribution in [3.8, 4) is 0 Å². The molecule has 0 spiro atoms. The minimum atomic E-state index is -0.216. The number of rotatable bonds is 5. The molecule has 2 amide bonds. The molecule has 0 aliphatic carbocycles.